The molecule has 0 radical (unpaired) electrons. The molecule has 0 unspecified atom stereocenters. The molecule has 2 heterocycles. The summed E-state index contributed by atoms with van der Waals surface area (Å²) in [6, 6.07) is 7.74. The van der Waals surface area contributed by atoms with Crippen LogP contribution in [0.15, 0.2) is 24.3 Å². The molecule has 1 aromatic carbocycles. The number of rotatable bonds is 6. The third kappa shape index (κ3) is 4.29. The maximum atomic E-state index is 12.8. The molecule has 1 saturated carbocycles. The lowest BCUT2D eigenvalue weighted by molar-refractivity contribution is -0.142. The van der Waals surface area contributed by atoms with Crippen LogP contribution in [0, 0.1) is 5.92 Å². The molecule has 1 aliphatic carbocycles. The van der Waals surface area contributed by atoms with Crippen LogP contribution in [-0.2, 0) is 9.59 Å². The average Bonchev–Trinajstić information content (AvgIpc) is 3.38. The fourth-order valence-corrected chi connectivity index (χ4v) is 5.20. The Morgan fingerprint density at radius 3 is 2.71 bits per heavy atom. The fraction of sp³-hybridized carbons (Fsp3) is 0.571. The molecule has 2 aromatic rings. The number of para-hydroxylation sites is 1. The van der Waals surface area contributed by atoms with Crippen LogP contribution >= 0.6 is 11.3 Å². The Balaban J connectivity index is 1.25. The number of likely N-dealkylation sites (tertiary alicyclic amines) is 1. The van der Waals surface area contributed by atoms with Crippen molar-refractivity contribution in [2.24, 2.45) is 5.92 Å². The van der Waals surface area contributed by atoms with Crippen molar-refractivity contribution in [1.29, 1.82) is 0 Å². The molecule has 1 aromatic heterocycles. The molecule has 1 atom stereocenters. The first-order valence-electron chi connectivity index (χ1n) is 10.4. The van der Waals surface area contributed by atoms with E-state index in [1.165, 1.54) is 6.42 Å². The summed E-state index contributed by atoms with van der Waals surface area (Å²) in [6.45, 7) is 1.86. The fourth-order valence-electron chi connectivity index (χ4n) is 4.31. The van der Waals surface area contributed by atoms with Crippen LogP contribution in [0.5, 0.6) is 0 Å². The van der Waals surface area contributed by atoms with Crippen LogP contribution in [0.1, 0.15) is 44.9 Å². The zero-order valence-electron chi connectivity index (χ0n) is 16.2. The van der Waals surface area contributed by atoms with Gasteiger partial charge in [0.15, 0.2) is 5.13 Å². The van der Waals surface area contributed by atoms with Crippen molar-refractivity contribution in [1.82, 2.24) is 15.2 Å². The van der Waals surface area contributed by atoms with Gasteiger partial charge in [0.05, 0.1) is 10.2 Å². The first-order valence-corrected chi connectivity index (χ1v) is 11.2. The molecule has 2 amide bonds. The summed E-state index contributed by atoms with van der Waals surface area (Å²) in [5, 5.41) is 7.14. The van der Waals surface area contributed by atoms with Crippen LogP contribution in [0.4, 0.5) is 5.13 Å². The highest BCUT2D eigenvalue weighted by atomic mass is 32.1. The topological polar surface area (TPSA) is 74.3 Å². The summed E-state index contributed by atoms with van der Waals surface area (Å²) < 4.78 is 1.15. The number of nitrogens with one attached hydrogen (secondary N) is 2. The number of carbonyl (C=O) groups is 2. The van der Waals surface area contributed by atoms with Gasteiger partial charge in [-0.15, -0.1) is 0 Å². The minimum Gasteiger partial charge on any atom is -0.360 e. The Labute approximate surface area is 169 Å². The second-order valence-electron chi connectivity index (χ2n) is 7.73. The Bertz CT molecular complexity index is 798. The SMILES string of the molecule is O=C(NCCNc1nc2ccccc2s1)[C@H]1CCCN1C(=O)C1CCCCC1. The first-order chi connectivity index (χ1) is 13.7. The van der Waals surface area contributed by atoms with Crippen LogP contribution in [0.2, 0.25) is 0 Å². The van der Waals surface area contributed by atoms with E-state index < -0.39 is 0 Å². The van der Waals surface area contributed by atoms with Gasteiger partial charge in [-0.1, -0.05) is 42.7 Å². The maximum Gasteiger partial charge on any atom is 0.242 e. The predicted molar refractivity (Wildman–Crippen MR) is 112 cm³/mol. The predicted octanol–water partition coefficient (Wildman–Crippen LogP) is 3.40. The molecule has 1 aliphatic heterocycles. The highest BCUT2D eigenvalue weighted by Gasteiger charge is 2.37. The van der Waals surface area contributed by atoms with Gasteiger partial charge in [-0.25, -0.2) is 4.98 Å². The second-order valence-corrected chi connectivity index (χ2v) is 8.76. The number of hydrogen-bond acceptors (Lipinski definition) is 5. The maximum absolute atomic E-state index is 12.8. The van der Waals surface area contributed by atoms with Gasteiger partial charge in [-0.2, -0.15) is 0 Å². The summed E-state index contributed by atoms with van der Waals surface area (Å²) in [7, 11) is 0. The number of anilines is 1. The molecule has 0 spiro atoms. The molecule has 6 nitrogen and oxygen atoms in total. The van der Waals surface area contributed by atoms with Crippen LogP contribution in [-0.4, -0.2) is 47.4 Å². The van der Waals surface area contributed by atoms with Crippen LogP contribution in [0.3, 0.4) is 0 Å². The van der Waals surface area contributed by atoms with E-state index in [0.29, 0.717) is 13.1 Å². The number of benzene rings is 1. The minimum atomic E-state index is -0.295. The lowest BCUT2D eigenvalue weighted by Crippen LogP contribution is -2.48. The average molecular weight is 401 g/mol. The molecule has 7 heteroatoms. The van der Waals surface area contributed by atoms with E-state index in [1.54, 1.807) is 11.3 Å². The molecule has 2 aliphatic rings. The lowest BCUT2D eigenvalue weighted by atomic mass is 9.88. The highest BCUT2D eigenvalue weighted by molar-refractivity contribution is 7.22. The first kappa shape index (κ1) is 19.2. The third-order valence-corrected chi connectivity index (χ3v) is 6.78. The smallest absolute Gasteiger partial charge is 0.242 e. The van der Waals surface area contributed by atoms with E-state index in [2.05, 4.69) is 21.7 Å². The zero-order chi connectivity index (χ0) is 19.3. The van der Waals surface area contributed by atoms with Gasteiger partial charge < -0.3 is 15.5 Å². The number of nitrogens with zero attached hydrogens (tertiary/aromatic N) is 2. The van der Waals surface area contributed by atoms with E-state index in [-0.39, 0.29) is 23.8 Å². The van der Waals surface area contributed by atoms with Crippen molar-refractivity contribution in [3.05, 3.63) is 24.3 Å². The van der Waals surface area contributed by atoms with Gasteiger partial charge in [0.1, 0.15) is 6.04 Å². The molecule has 28 heavy (non-hydrogen) atoms. The van der Waals surface area contributed by atoms with Crippen LogP contribution in [0.25, 0.3) is 10.2 Å². The van der Waals surface area contributed by atoms with E-state index in [0.717, 1.165) is 60.4 Å². The van der Waals surface area contributed by atoms with Gasteiger partial charge in [-0.3, -0.25) is 9.59 Å². The largest absolute Gasteiger partial charge is 0.360 e. The zero-order valence-corrected chi connectivity index (χ0v) is 17.0. The van der Waals surface area contributed by atoms with Gasteiger partial charge in [0.2, 0.25) is 11.8 Å². The standard InChI is InChI=1S/C21H28N4O2S/c26-19(17-10-6-14-25(17)20(27)15-7-2-1-3-8-15)22-12-13-23-21-24-16-9-4-5-11-18(16)28-21/h4-5,9,11,15,17H,1-3,6-8,10,12-14H2,(H,22,26)(H,23,24)/t17-/m1/s1. The van der Waals surface area contributed by atoms with Gasteiger partial charge >= 0.3 is 0 Å². The molecule has 0 bridgehead atoms. The number of fused-ring (bicyclic) bond motifs is 1. The van der Waals surface area contributed by atoms with Crippen LogP contribution < -0.4 is 10.6 Å². The van der Waals surface area contributed by atoms with Gasteiger partial charge in [-0.05, 0) is 37.8 Å². The number of hydrogen-bond donors (Lipinski definition) is 2. The summed E-state index contributed by atoms with van der Waals surface area (Å²) in [4.78, 5) is 31.9. The lowest BCUT2D eigenvalue weighted by Gasteiger charge is -2.30. The molecule has 1 saturated heterocycles. The van der Waals surface area contributed by atoms with Crippen molar-refractivity contribution < 1.29 is 9.59 Å². The molecule has 4 rings (SSSR count). The molecular formula is C21H28N4O2S. The van der Waals surface area contributed by atoms with Crippen molar-refractivity contribution in [2.45, 2.75) is 51.0 Å². The summed E-state index contributed by atoms with van der Waals surface area (Å²) in [5.41, 5.74) is 0.988. The Morgan fingerprint density at radius 1 is 1.07 bits per heavy atom. The number of thiazole rings is 1. The number of carbonyl (C=O) groups excluding carboxylic acids is 2. The summed E-state index contributed by atoms with van der Waals surface area (Å²) in [6.07, 6.45) is 7.16. The van der Waals surface area contributed by atoms with E-state index >= 15 is 0 Å². The Morgan fingerprint density at radius 2 is 1.89 bits per heavy atom. The van der Waals surface area contributed by atoms with Crippen molar-refractivity contribution in [3.8, 4) is 0 Å². The quantitative estimate of drug-likeness (QED) is 0.729. The minimum absolute atomic E-state index is 0.0206. The molecule has 2 fully saturated rings. The van der Waals surface area contributed by atoms with Crippen molar-refractivity contribution in [3.63, 3.8) is 0 Å². The third-order valence-electron chi connectivity index (χ3n) is 5.79. The molecule has 2 N–H and O–H groups in total. The van der Waals surface area contributed by atoms with E-state index in [9.17, 15) is 9.59 Å². The number of aromatic nitrogens is 1. The molecular weight excluding hydrogens is 372 g/mol. The highest BCUT2D eigenvalue weighted by Crippen LogP contribution is 2.29. The second kappa shape index (κ2) is 8.90. The Kier molecular flexibility index (Phi) is 6.10. The number of amides is 2. The monoisotopic (exact) mass is 400 g/mol. The van der Waals surface area contributed by atoms with Gasteiger partial charge in [0, 0.05) is 25.6 Å². The summed E-state index contributed by atoms with van der Waals surface area (Å²) >= 11 is 1.61. The summed E-state index contributed by atoms with van der Waals surface area (Å²) in [5.74, 6) is 0.306. The molecule has 150 valence electrons. The van der Waals surface area contributed by atoms with E-state index in [4.69, 9.17) is 0 Å². The Hall–Kier alpha value is -2.15. The van der Waals surface area contributed by atoms with Gasteiger partial charge in [0.25, 0.3) is 0 Å². The van der Waals surface area contributed by atoms with Crippen molar-refractivity contribution >= 4 is 38.5 Å². The normalized spacial score (nSPS) is 20.4. The van der Waals surface area contributed by atoms with E-state index in [1.807, 2.05) is 23.1 Å². The van der Waals surface area contributed by atoms with Crippen molar-refractivity contribution in [2.75, 3.05) is 25.0 Å².